The summed E-state index contributed by atoms with van der Waals surface area (Å²) < 4.78 is 23.9. The molecule has 0 atom stereocenters. The van der Waals surface area contributed by atoms with Gasteiger partial charge in [0.2, 0.25) is 6.86 Å². The van der Waals surface area contributed by atoms with Crippen molar-refractivity contribution in [3.63, 3.8) is 0 Å². The Morgan fingerprint density at radius 2 is 1.96 bits per heavy atom. The lowest BCUT2D eigenvalue weighted by Gasteiger charge is -2.37. The van der Waals surface area contributed by atoms with E-state index in [-0.39, 0.29) is 18.1 Å². The maximum absolute atomic E-state index is 12.7. The highest BCUT2D eigenvalue weighted by Gasteiger charge is 2.37. The van der Waals surface area contributed by atoms with E-state index in [1.54, 1.807) is 18.2 Å². The minimum absolute atomic E-state index is 0. The molecule has 0 amide bonds. The Bertz CT molecular complexity index is 707. The molecule has 1 saturated carbocycles. The maximum atomic E-state index is 12.7. The van der Waals surface area contributed by atoms with E-state index in [4.69, 9.17) is 14.6 Å². The van der Waals surface area contributed by atoms with E-state index in [0.717, 1.165) is 31.2 Å². The topological polar surface area (TPSA) is 114 Å². The third kappa shape index (κ3) is 4.91. The van der Waals surface area contributed by atoms with Gasteiger partial charge in [0.05, 0.1) is 24.1 Å². The second-order valence-corrected chi connectivity index (χ2v) is 7.30. The Morgan fingerprint density at radius 3 is 2.54 bits per heavy atom. The fourth-order valence-electron chi connectivity index (χ4n) is 4.01. The molecule has 0 radical (unpaired) electrons. The molecule has 8 heteroatoms. The molecule has 1 aromatic rings. The van der Waals surface area contributed by atoms with Gasteiger partial charge in [0.1, 0.15) is 0 Å². The first-order chi connectivity index (χ1) is 13.1. The molecule has 1 aliphatic carbocycles. The highest BCUT2D eigenvalue weighted by Crippen LogP contribution is 2.40. The van der Waals surface area contributed by atoms with Crippen LogP contribution in [0.15, 0.2) is 18.2 Å². The van der Waals surface area contributed by atoms with Gasteiger partial charge in [0.15, 0.2) is 11.5 Å². The molecule has 154 valence electrons. The number of hydrogen-bond acceptors (Lipinski definition) is 5. The molecule has 1 aliphatic heterocycles. The zero-order valence-corrected chi connectivity index (χ0v) is 15.8. The predicted molar refractivity (Wildman–Crippen MR) is 100 cm³/mol. The molecule has 7 nitrogen and oxygen atoms in total. The number of nitriles is 1. The molecule has 3 N–H and O–H groups in total. The number of rotatable bonds is 7. The third-order valence-electron chi connectivity index (χ3n) is 5.58. The number of ether oxygens (including phenoxy) is 2. The highest BCUT2D eigenvalue weighted by atomic mass is 19.1. The zero-order valence-electron chi connectivity index (χ0n) is 15.8. The summed E-state index contributed by atoms with van der Waals surface area (Å²) in [6.45, 7) is 0.136. The average Bonchev–Trinajstić information content (AvgIpc) is 3.17. The largest absolute Gasteiger partial charge is 0.487 e. The maximum Gasteiger partial charge on any atom is 0.317 e. The van der Waals surface area contributed by atoms with Gasteiger partial charge < -0.3 is 20.1 Å². The first-order valence-electron chi connectivity index (χ1n) is 9.42. The minimum atomic E-state index is -0.937. The summed E-state index contributed by atoms with van der Waals surface area (Å²) in [6, 6.07) is 7.70. The summed E-state index contributed by atoms with van der Waals surface area (Å²) >= 11 is 0. The lowest BCUT2D eigenvalue weighted by Crippen LogP contribution is -2.43. The number of alkyl halides is 1. The fourth-order valence-corrected chi connectivity index (χ4v) is 4.01. The molecule has 0 aromatic heterocycles. The molecule has 0 unspecified atom stereocenters. The van der Waals surface area contributed by atoms with Crippen molar-refractivity contribution >= 4 is 5.97 Å². The molecule has 3 rings (SSSR count). The average molecular weight is 394 g/mol. The molecule has 1 aromatic carbocycles. The molecule has 1 saturated heterocycles. The van der Waals surface area contributed by atoms with Crippen LogP contribution in [0.4, 0.5) is 4.39 Å². The van der Waals surface area contributed by atoms with Crippen molar-refractivity contribution < 1.29 is 29.2 Å². The van der Waals surface area contributed by atoms with Crippen molar-refractivity contribution in [2.75, 3.05) is 26.5 Å². The second kappa shape index (κ2) is 9.71. The molecular formula is C20H27FN2O5. The van der Waals surface area contributed by atoms with E-state index >= 15 is 0 Å². The van der Waals surface area contributed by atoms with Crippen LogP contribution >= 0.6 is 0 Å². The van der Waals surface area contributed by atoms with Gasteiger partial charge in [0, 0.05) is 13.1 Å². The van der Waals surface area contributed by atoms with Crippen molar-refractivity contribution in [2.24, 2.45) is 0 Å². The smallest absolute Gasteiger partial charge is 0.317 e. The van der Waals surface area contributed by atoms with Crippen molar-refractivity contribution in [1.29, 1.82) is 5.26 Å². The van der Waals surface area contributed by atoms with Gasteiger partial charge in [-0.3, -0.25) is 9.69 Å². The van der Waals surface area contributed by atoms with E-state index in [1.807, 2.05) is 4.90 Å². The minimum Gasteiger partial charge on any atom is -0.487 e. The SMILES string of the molecule is N#CC1(c2ccc(OCF)c(OC3CCCC3)c2)CCN(CC(=O)O)CC1.O. The monoisotopic (exact) mass is 394 g/mol. The highest BCUT2D eigenvalue weighted by molar-refractivity contribution is 5.69. The molecule has 2 fully saturated rings. The first kappa shape index (κ1) is 21.9. The van der Waals surface area contributed by atoms with Crippen molar-refractivity contribution in [1.82, 2.24) is 4.90 Å². The molecule has 2 aliphatic rings. The summed E-state index contributed by atoms with van der Waals surface area (Å²) in [5.41, 5.74) is 0.121. The Hall–Kier alpha value is -2.37. The van der Waals surface area contributed by atoms with E-state index in [2.05, 4.69) is 6.07 Å². The zero-order chi connectivity index (χ0) is 19.3. The number of nitrogens with zero attached hydrogens (tertiary/aromatic N) is 2. The Kier molecular flexibility index (Phi) is 7.61. The van der Waals surface area contributed by atoms with Gasteiger partial charge >= 0.3 is 5.97 Å². The molecule has 28 heavy (non-hydrogen) atoms. The summed E-state index contributed by atoms with van der Waals surface area (Å²) in [7, 11) is 0. The third-order valence-corrected chi connectivity index (χ3v) is 5.58. The van der Waals surface area contributed by atoms with E-state index in [1.165, 1.54) is 0 Å². The van der Waals surface area contributed by atoms with Gasteiger partial charge in [0.25, 0.3) is 0 Å². The normalized spacial score (nSPS) is 19.4. The number of carboxylic acid groups (broad SMARTS) is 1. The number of piperidine rings is 1. The molecular weight excluding hydrogens is 367 g/mol. The van der Waals surface area contributed by atoms with Gasteiger partial charge in [-0.15, -0.1) is 0 Å². The second-order valence-electron chi connectivity index (χ2n) is 7.30. The van der Waals surface area contributed by atoms with Crippen molar-refractivity contribution in [3.8, 4) is 17.6 Å². The Balaban J connectivity index is 0.00000280. The summed E-state index contributed by atoms with van der Waals surface area (Å²) in [5, 5.41) is 18.8. The summed E-state index contributed by atoms with van der Waals surface area (Å²) in [5.74, 6) is -0.0244. The van der Waals surface area contributed by atoms with Gasteiger partial charge in [-0.05, 0) is 56.2 Å². The quantitative estimate of drug-likeness (QED) is 0.760. The van der Waals surface area contributed by atoms with Crippen LogP contribution < -0.4 is 9.47 Å². The van der Waals surface area contributed by atoms with Gasteiger partial charge in [-0.1, -0.05) is 6.07 Å². The van der Waals surface area contributed by atoms with Crippen molar-refractivity contribution in [3.05, 3.63) is 23.8 Å². The number of hydrogen-bond donors (Lipinski definition) is 1. The Labute approximate surface area is 164 Å². The predicted octanol–water partition coefficient (Wildman–Crippen LogP) is 2.43. The van der Waals surface area contributed by atoms with Crippen LogP contribution in [-0.2, 0) is 10.2 Å². The van der Waals surface area contributed by atoms with E-state index < -0.39 is 18.2 Å². The number of aliphatic carboxylic acids is 1. The molecule has 1 heterocycles. The van der Waals surface area contributed by atoms with E-state index in [0.29, 0.717) is 37.4 Å². The Morgan fingerprint density at radius 1 is 1.29 bits per heavy atom. The lowest BCUT2D eigenvalue weighted by molar-refractivity contribution is -0.138. The molecule has 0 bridgehead atoms. The van der Waals surface area contributed by atoms with Crippen LogP contribution in [0.1, 0.15) is 44.1 Å². The van der Waals surface area contributed by atoms with Crippen LogP contribution in [0.25, 0.3) is 0 Å². The van der Waals surface area contributed by atoms with E-state index in [9.17, 15) is 14.4 Å². The van der Waals surface area contributed by atoms with Crippen molar-refractivity contribution in [2.45, 2.75) is 50.0 Å². The lowest BCUT2D eigenvalue weighted by atomic mass is 9.74. The molecule has 0 spiro atoms. The number of benzene rings is 1. The van der Waals surface area contributed by atoms with Crippen LogP contribution in [-0.4, -0.2) is 54.1 Å². The van der Waals surface area contributed by atoms with Crippen LogP contribution in [0.2, 0.25) is 0 Å². The number of carboxylic acids is 1. The number of carbonyl (C=O) groups is 1. The first-order valence-corrected chi connectivity index (χ1v) is 9.42. The summed E-state index contributed by atoms with van der Waals surface area (Å²) in [4.78, 5) is 12.8. The number of halogens is 1. The number of likely N-dealkylation sites (tertiary alicyclic amines) is 1. The van der Waals surface area contributed by atoms with Crippen LogP contribution in [0.5, 0.6) is 11.5 Å². The standard InChI is InChI=1S/C20H25FN2O4.H2O/c21-14-26-17-6-5-15(11-18(17)27-16-3-1-2-4-16)20(13-22)7-9-23(10-8-20)12-19(24)25;/h5-6,11,16H,1-4,7-10,12,14H2,(H,24,25);1H2. The fraction of sp³-hybridized carbons (Fsp3) is 0.600. The summed E-state index contributed by atoms with van der Waals surface area (Å²) in [6.07, 6.45) is 5.35. The van der Waals surface area contributed by atoms with Crippen LogP contribution in [0.3, 0.4) is 0 Å². The van der Waals surface area contributed by atoms with Gasteiger partial charge in [-0.25, -0.2) is 4.39 Å². The van der Waals surface area contributed by atoms with Crippen LogP contribution in [0, 0.1) is 11.3 Å². The van der Waals surface area contributed by atoms with Gasteiger partial charge in [-0.2, -0.15) is 5.26 Å².